The van der Waals surface area contributed by atoms with Gasteiger partial charge in [0.15, 0.2) is 0 Å². The summed E-state index contributed by atoms with van der Waals surface area (Å²) in [5.74, 6) is 1.72. The van der Waals surface area contributed by atoms with Gasteiger partial charge in [-0.25, -0.2) is 0 Å². The van der Waals surface area contributed by atoms with Gasteiger partial charge in [0, 0.05) is 10.2 Å². The maximum absolute atomic E-state index is 6.48. The summed E-state index contributed by atoms with van der Waals surface area (Å²) in [4.78, 5) is 0.671. The van der Waals surface area contributed by atoms with Gasteiger partial charge in [0.1, 0.15) is 0 Å². The zero-order chi connectivity index (χ0) is 13.3. The Kier molecular flexibility index (Phi) is 4.80. The standard InChI is InChI=1S/C16H29BrO/c1-5-16(6-2)14(17)10-15(16)18-13-8-7-11(3)12(4)9-13/h11-15H,5-10H2,1-4H3. The highest BCUT2D eigenvalue weighted by Gasteiger charge is 2.53. The summed E-state index contributed by atoms with van der Waals surface area (Å²) < 4.78 is 6.48. The lowest BCUT2D eigenvalue weighted by molar-refractivity contribution is -0.153. The predicted octanol–water partition coefficient (Wildman–Crippen LogP) is 5.17. The van der Waals surface area contributed by atoms with E-state index in [9.17, 15) is 0 Å². The van der Waals surface area contributed by atoms with Crippen molar-refractivity contribution < 1.29 is 4.74 Å². The van der Waals surface area contributed by atoms with Crippen LogP contribution in [0.25, 0.3) is 0 Å². The molecule has 2 aliphatic rings. The summed E-state index contributed by atoms with van der Waals surface area (Å²) in [7, 11) is 0. The Labute approximate surface area is 121 Å². The van der Waals surface area contributed by atoms with Crippen LogP contribution in [0.1, 0.15) is 66.2 Å². The van der Waals surface area contributed by atoms with Gasteiger partial charge in [-0.1, -0.05) is 43.6 Å². The summed E-state index contributed by atoms with van der Waals surface area (Å²) in [6, 6.07) is 0. The molecule has 0 aromatic carbocycles. The molecule has 0 amide bonds. The summed E-state index contributed by atoms with van der Waals surface area (Å²) >= 11 is 3.85. The van der Waals surface area contributed by atoms with Gasteiger partial charge in [-0.05, 0) is 50.4 Å². The highest BCUT2D eigenvalue weighted by Crippen LogP contribution is 2.53. The zero-order valence-electron chi connectivity index (χ0n) is 12.4. The van der Waals surface area contributed by atoms with E-state index in [1.807, 2.05) is 0 Å². The number of alkyl halides is 1. The van der Waals surface area contributed by atoms with Crippen molar-refractivity contribution >= 4 is 15.9 Å². The first-order valence-electron chi connectivity index (χ1n) is 7.83. The fourth-order valence-electron chi connectivity index (χ4n) is 3.89. The minimum atomic E-state index is 0.409. The molecule has 0 radical (unpaired) electrons. The van der Waals surface area contributed by atoms with Crippen LogP contribution in [0, 0.1) is 17.3 Å². The van der Waals surface area contributed by atoms with Crippen molar-refractivity contribution in [1.29, 1.82) is 0 Å². The molecule has 18 heavy (non-hydrogen) atoms. The molecule has 0 spiro atoms. The minimum absolute atomic E-state index is 0.409. The molecule has 0 aromatic rings. The summed E-state index contributed by atoms with van der Waals surface area (Å²) in [5.41, 5.74) is 0.409. The maximum atomic E-state index is 6.48. The molecule has 0 aromatic heterocycles. The lowest BCUT2D eigenvalue weighted by Crippen LogP contribution is -2.56. The molecule has 1 nitrogen and oxygen atoms in total. The van der Waals surface area contributed by atoms with E-state index in [1.165, 1.54) is 38.5 Å². The molecule has 0 N–H and O–H groups in total. The van der Waals surface area contributed by atoms with E-state index in [-0.39, 0.29) is 0 Å². The topological polar surface area (TPSA) is 9.23 Å². The number of halogens is 1. The van der Waals surface area contributed by atoms with Gasteiger partial charge in [0.25, 0.3) is 0 Å². The fourth-order valence-corrected chi connectivity index (χ4v) is 5.17. The second-order valence-corrected chi connectivity index (χ2v) is 7.76. The first-order valence-corrected chi connectivity index (χ1v) is 8.74. The van der Waals surface area contributed by atoms with Gasteiger partial charge in [-0.3, -0.25) is 0 Å². The number of rotatable bonds is 4. The van der Waals surface area contributed by atoms with Gasteiger partial charge in [0.05, 0.1) is 12.2 Å². The Balaban J connectivity index is 1.90. The van der Waals surface area contributed by atoms with E-state index in [0.29, 0.717) is 22.5 Å². The lowest BCUT2D eigenvalue weighted by atomic mass is 9.62. The number of hydrogen-bond acceptors (Lipinski definition) is 1. The average Bonchev–Trinajstić information content (AvgIpc) is 2.35. The van der Waals surface area contributed by atoms with Crippen LogP contribution >= 0.6 is 15.9 Å². The summed E-state index contributed by atoms with van der Waals surface area (Å²) in [6.45, 7) is 9.42. The van der Waals surface area contributed by atoms with E-state index in [1.54, 1.807) is 0 Å². The summed E-state index contributed by atoms with van der Waals surface area (Å²) in [5, 5.41) is 0. The third kappa shape index (κ3) is 2.52. The van der Waals surface area contributed by atoms with Crippen molar-refractivity contribution in [3.63, 3.8) is 0 Å². The van der Waals surface area contributed by atoms with Crippen LogP contribution in [-0.2, 0) is 4.74 Å². The van der Waals surface area contributed by atoms with Crippen LogP contribution in [0.4, 0.5) is 0 Å². The lowest BCUT2D eigenvalue weighted by Gasteiger charge is -2.54. The molecule has 0 heterocycles. The Morgan fingerprint density at radius 1 is 1.06 bits per heavy atom. The van der Waals surface area contributed by atoms with Gasteiger partial charge in [-0.2, -0.15) is 0 Å². The molecule has 2 saturated carbocycles. The molecular formula is C16H29BrO. The maximum Gasteiger partial charge on any atom is 0.0656 e. The van der Waals surface area contributed by atoms with Gasteiger partial charge in [0.2, 0.25) is 0 Å². The van der Waals surface area contributed by atoms with Crippen molar-refractivity contribution in [3.8, 4) is 0 Å². The first kappa shape index (κ1) is 14.8. The predicted molar refractivity (Wildman–Crippen MR) is 81.2 cm³/mol. The molecular weight excluding hydrogens is 288 g/mol. The molecule has 2 heteroatoms. The normalized spacial score (nSPS) is 43.5. The quantitative estimate of drug-likeness (QED) is 0.650. The van der Waals surface area contributed by atoms with Crippen molar-refractivity contribution in [2.24, 2.45) is 17.3 Å². The molecule has 5 atom stereocenters. The number of hydrogen-bond donors (Lipinski definition) is 0. The zero-order valence-corrected chi connectivity index (χ0v) is 14.0. The van der Waals surface area contributed by atoms with Crippen LogP contribution in [0.15, 0.2) is 0 Å². The SMILES string of the molecule is CCC1(CC)C(Br)CC1OC1CCC(C)C(C)C1. The molecule has 5 unspecified atom stereocenters. The van der Waals surface area contributed by atoms with Crippen LogP contribution in [0.2, 0.25) is 0 Å². The van der Waals surface area contributed by atoms with E-state index in [0.717, 1.165) is 11.8 Å². The Morgan fingerprint density at radius 2 is 1.72 bits per heavy atom. The second-order valence-electron chi connectivity index (χ2n) is 6.66. The molecule has 0 bridgehead atoms. The van der Waals surface area contributed by atoms with Crippen LogP contribution in [0.3, 0.4) is 0 Å². The van der Waals surface area contributed by atoms with Crippen molar-refractivity contribution in [1.82, 2.24) is 0 Å². The van der Waals surface area contributed by atoms with E-state index in [2.05, 4.69) is 43.6 Å². The van der Waals surface area contributed by atoms with E-state index in [4.69, 9.17) is 4.74 Å². The highest BCUT2D eigenvalue weighted by atomic mass is 79.9. The van der Waals surface area contributed by atoms with Gasteiger partial charge >= 0.3 is 0 Å². The fraction of sp³-hybridized carbons (Fsp3) is 1.00. The number of ether oxygens (including phenoxy) is 1. The third-order valence-corrected chi connectivity index (χ3v) is 7.19. The molecule has 106 valence electrons. The second kappa shape index (κ2) is 5.83. The average molecular weight is 317 g/mol. The van der Waals surface area contributed by atoms with Crippen molar-refractivity contribution in [3.05, 3.63) is 0 Å². The largest absolute Gasteiger partial charge is 0.374 e. The first-order chi connectivity index (χ1) is 8.53. The van der Waals surface area contributed by atoms with Crippen LogP contribution < -0.4 is 0 Å². The van der Waals surface area contributed by atoms with Gasteiger partial charge in [-0.15, -0.1) is 0 Å². The Morgan fingerprint density at radius 3 is 2.22 bits per heavy atom. The third-order valence-electron chi connectivity index (χ3n) is 5.91. The van der Waals surface area contributed by atoms with Crippen LogP contribution in [-0.4, -0.2) is 17.0 Å². The molecule has 2 rings (SSSR count). The monoisotopic (exact) mass is 316 g/mol. The Bertz CT molecular complexity index is 274. The smallest absolute Gasteiger partial charge is 0.0656 e. The molecule has 2 fully saturated rings. The molecule has 0 aliphatic heterocycles. The summed E-state index contributed by atoms with van der Waals surface area (Å²) in [6.07, 6.45) is 8.61. The van der Waals surface area contributed by atoms with Crippen molar-refractivity contribution in [2.45, 2.75) is 83.3 Å². The van der Waals surface area contributed by atoms with Crippen molar-refractivity contribution in [2.75, 3.05) is 0 Å². The van der Waals surface area contributed by atoms with Gasteiger partial charge < -0.3 is 4.74 Å². The highest BCUT2D eigenvalue weighted by molar-refractivity contribution is 9.09. The molecule has 2 aliphatic carbocycles. The Hall–Kier alpha value is 0.440. The van der Waals surface area contributed by atoms with Crippen LogP contribution in [0.5, 0.6) is 0 Å². The molecule has 0 saturated heterocycles. The van der Waals surface area contributed by atoms with E-state index >= 15 is 0 Å². The van der Waals surface area contributed by atoms with E-state index < -0.39 is 0 Å². The minimum Gasteiger partial charge on any atom is -0.374 e.